The zero-order valence-electron chi connectivity index (χ0n) is 11.8. The first kappa shape index (κ1) is 17.1. The van der Waals surface area contributed by atoms with Gasteiger partial charge in [-0.05, 0) is 30.3 Å². The van der Waals surface area contributed by atoms with Crippen LogP contribution in [0.2, 0.25) is 0 Å². The first-order chi connectivity index (χ1) is 11.0. The maximum atomic E-state index is 13.5. The predicted octanol–water partition coefficient (Wildman–Crippen LogP) is 3.20. The zero-order chi connectivity index (χ0) is 16.8. The van der Waals surface area contributed by atoms with E-state index in [0.29, 0.717) is 4.47 Å². The van der Waals surface area contributed by atoms with Crippen molar-refractivity contribution in [1.82, 2.24) is 5.32 Å². The zero-order valence-corrected chi connectivity index (χ0v) is 13.4. The summed E-state index contributed by atoms with van der Waals surface area (Å²) in [4.78, 5) is 23.3. The highest BCUT2D eigenvalue weighted by Gasteiger charge is 2.11. The Morgan fingerprint density at radius 3 is 2.61 bits per heavy atom. The molecular weight excluding hydrogens is 372 g/mol. The highest BCUT2D eigenvalue weighted by Crippen LogP contribution is 2.15. The molecule has 0 bridgehead atoms. The third-order valence-corrected chi connectivity index (χ3v) is 3.38. The summed E-state index contributed by atoms with van der Waals surface area (Å²) in [6.45, 7) is -0.638. The number of amides is 1. The molecule has 1 N–H and O–H groups in total. The van der Waals surface area contributed by atoms with E-state index in [9.17, 15) is 18.4 Å². The van der Waals surface area contributed by atoms with Crippen molar-refractivity contribution in [2.75, 3.05) is 6.54 Å². The summed E-state index contributed by atoms with van der Waals surface area (Å²) in [6.07, 6.45) is 0. The molecule has 2 aromatic rings. The van der Waals surface area contributed by atoms with Gasteiger partial charge in [-0.15, -0.1) is 0 Å². The highest BCUT2D eigenvalue weighted by molar-refractivity contribution is 9.10. The number of benzene rings is 2. The molecule has 0 saturated carbocycles. The van der Waals surface area contributed by atoms with Gasteiger partial charge in [-0.25, -0.2) is 8.78 Å². The molecule has 0 aromatic heterocycles. The molecule has 23 heavy (non-hydrogen) atoms. The van der Waals surface area contributed by atoms with Crippen molar-refractivity contribution in [3.63, 3.8) is 0 Å². The summed E-state index contributed by atoms with van der Waals surface area (Å²) in [7, 11) is 0. The highest BCUT2D eigenvalue weighted by atomic mass is 79.9. The number of esters is 1. The molecule has 0 spiro atoms. The van der Waals surface area contributed by atoms with Crippen LogP contribution in [0.3, 0.4) is 0 Å². The molecule has 0 radical (unpaired) electrons. The second-order valence-electron chi connectivity index (χ2n) is 4.59. The standard InChI is InChI=1S/C16H12BrF2NO3/c17-12-5-4-11(14(19)7-12)9-23-15(21)8-20-16(22)10-2-1-3-13(18)6-10/h1-7H,8-9H2,(H,20,22). The Kier molecular flexibility index (Phi) is 5.81. The van der Waals surface area contributed by atoms with E-state index in [1.807, 2.05) is 0 Å². The van der Waals surface area contributed by atoms with E-state index in [1.165, 1.54) is 30.3 Å². The van der Waals surface area contributed by atoms with Gasteiger partial charge in [0.15, 0.2) is 0 Å². The summed E-state index contributed by atoms with van der Waals surface area (Å²) in [6, 6.07) is 9.43. The van der Waals surface area contributed by atoms with E-state index in [2.05, 4.69) is 21.2 Å². The molecule has 0 saturated heterocycles. The Hall–Kier alpha value is -2.28. The molecule has 0 heterocycles. The lowest BCUT2D eigenvalue weighted by Gasteiger charge is -2.07. The SMILES string of the molecule is O=C(CNC(=O)c1cccc(F)c1)OCc1ccc(Br)cc1F. The monoisotopic (exact) mass is 383 g/mol. The molecule has 0 aliphatic heterocycles. The van der Waals surface area contributed by atoms with Crippen LogP contribution in [0.25, 0.3) is 0 Å². The van der Waals surface area contributed by atoms with Gasteiger partial charge in [0.2, 0.25) is 0 Å². The summed E-state index contributed by atoms with van der Waals surface area (Å²) >= 11 is 3.12. The van der Waals surface area contributed by atoms with Crippen LogP contribution in [0.1, 0.15) is 15.9 Å². The maximum Gasteiger partial charge on any atom is 0.325 e. The molecule has 2 rings (SSSR count). The second kappa shape index (κ2) is 7.82. The Morgan fingerprint density at radius 1 is 1.13 bits per heavy atom. The van der Waals surface area contributed by atoms with E-state index in [0.717, 1.165) is 6.07 Å². The molecule has 7 heteroatoms. The van der Waals surface area contributed by atoms with Crippen LogP contribution >= 0.6 is 15.9 Å². The lowest BCUT2D eigenvalue weighted by atomic mass is 10.2. The van der Waals surface area contributed by atoms with Gasteiger partial charge >= 0.3 is 5.97 Å². The molecule has 0 aliphatic rings. The molecule has 2 aromatic carbocycles. The minimum atomic E-state index is -0.725. The number of carbonyl (C=O) groups is 2. The Morgan fingerprint density at radius 2 is 1.91 bits per heavy atom. The van der Waals surface area contributed by atoms with Crippen LogP contribution in [-0.4, -0.2) is 18.4 Å². The lowest BCUT2D eigenvalue weighted by Crippen LogP contribution is -2.30. The van der Waals surface area contributed by atoms with Crippen LogP contribution in [-0.2, 0) is 16.1 Å². The Bertz CT molecular complexity index is 737. The van der Waals surface area contributed by atoms with Crippen LogP contribution in [0.5, 0.6) is 0 Å². The van der Waals surface area contributed by atoms with Gasteiger partial charge in [0.05, 0.1) is 0 Å². The topological polar surface area (TPSA) is 55.4 Å². The first-order valence-electron chi connectivity index (χ1n) is 6.59. The average Bonchev–Trinajstić information content (AvgIpc) is 2.51. The lowest BCUT2D eigenvalue weighted by molar-refractivity contribution is -0.143. The summed E-state index contributed by atoms with van der Waals surface area (Å²) in [5.74, 6) is -2.38. The minimum Gasteiger partial charge on any atom is -0.459 e. The molecule has 1 amide bonds. The molecule has 0 atom stereocenters. The van der Waals surface area contributed by atoms with Crippen molar-refractivity contribution < 1.29 is 23.1 Å². The fraction of sp³-hybridized carbons (Fsp3) is 0.125. The van der Waals surface area contributed by atoms with Crippen LogP contribution in [0.4, 0.5) is 8.78 Å². The normalized spacial score (nSPS) is 10.2. The van der Waals surface area contributed by atoms with Crippen molar-refractivity contribution in [1.29, 1.82) is 0 Å². The number of halogens is 3. The van der Waals surface area contributed by atoms with E-state index in [1.54, 1.807) is 6.07 Å². The summed E-state index contributed by atoms with van der Waals surface area (Å²) < 4.78 is 32.0. The van der Waals surface area contributed by atoms with Crippen molar-refractivity contribution in [2.24, 2.45) is 0 Å². The van der Waals surface area contributed by atoms with Gasteiger partial charge in [-0.1, -0.05) is 28.1 Å². The number of nitrogens with one attached hydrogen (secondary N) is 1. The minimum absolute atomic E-state index is 0.0942. The maximum absolute atomic E-state index is 13.5. The largest absolute Gasteiger partial charge is 0.459 e. The van der Waals surface area contributed by atoms with Gasteiger partial charge in [0.1, 0.15) is 24.8 Å². The van der Waals surface area contributed by atoms with E-state index in [-0.39, 0.29) is 17.7 Å². The summed E-state index contributed by atoms with van der Waals surface area (Å²) in [5, 5.41) is 2.30. The van der Waals surface area contributed by atoms with Gasteiger partial charge in [-0.3, -0.25) is 9.59 Å². The summed E-state index contributed by atoms with van der Waals surface area (Å²) in [5.41, 5.74) is 0.315. The number of carbonyl (C=O) groups excluding carboxylic acids is 2. The number of hydrogen-bond acceptors (Lipinski definition) is 3. The van der Waals surface area contributed by atoms with Crippen molar-refractivity contribution in [3.05, 3.63) is 69.7 Å². The van der Waals surface area contributed by atoms with Gasteiger partial charge in [-0.2, -0.15) is 0 Å². The van der Waals surface area contributed by atoms with Crippen LogP contribution < -0.4 is 5.32 Å². The smallest absolute Gasteiger partial charge is 0.325 e. The van der Waals surface area contributed by atoms with E-state index < -0.39 is 30.1 Å². The fourth-order valence-electron chi connectivity index (χ4n) is 1.73. The molecular formula is C16H12BrF2NO3. The molecule has 0 aliphatic carbocycles. The number of hydrogen-bond donors (Lipinski definition) is 1. The van der Waals surface area contributed by atoms with E-state index >= 15 is 0 Å². The van der Waals surface area contributed by atoms with Crippen molar-refractivity contribution >= 4 is 27.8 Å². The third-order valence-electron chi connectivity index (χ3n) is 2.88. The van der Waals surface area contributed by atoms with E-state index in [4.69, 9.17) is 4.74 Å². The molecule has 120 valence electrons. The van der Waals surface area contributed by atoms with Gasteiger partial charge < -0.3 is 10.1 Å². The quantitative estimate of drug-likeness (QED) is 0.806. The van der Waals surface area contributed by atoms with Crippen molar-refractivity contribution in [3.8, 4) is 0 Å². The predicted molar refractivity (Wildman–Crippen MR) is 82.6 cm³/mol. The van der Waals surface area contributed by atoms with Crippen LogP contribution in [0.15, 0.2) is 46.9 Å². The molecule has 4 nitrogen and oxygen atoms in total. The Labute approximate surface area is 139 Å². The second-order valence-corrected chi connectivity index (χ2v) is 5.51. The first-order valence-corrected chi connectivity index (χ1v) is 7.38. The molecule has 0 unspecified atom stereocenters. The third kappa shape index (κ3) is 5.14. The fourth-order valence-corrected chi connectivity index (χ4v) is 2.07. The van der Waals surface area contributed by atoms with Crippen LogP contribution in [0, 0.1) is 11.6 Å². The number of ether oxygens (including phenoxy) is 1. The average molecular weight is 384 g/mol. The van der Waals surface area contributed by atoms with Gasteiger partial charge in [0, 0.05) is 15.6 Å². The van der Waals surface area contributed by atoms with Gasteiger partial charge in [0.25, 0.3) is 5.91 Å². The Balaban J connectivity index is 1.82. The number of rotatable bonds is 5. The molecule has 0 fully saturated rings. The van der Waals surface area contributed by atoms with Crippen molar-refractivity contribution in [2.45, 2.75) is 6.61 Å².